The predicted octanol–water partition coefficient (Wildman–Crippen LogP) is 1.30. The molecule has 170 valence electrons. The van der Waals surface area contributed by atoms with Crippen LogP contribution in [0.5, 0.6) is 0 Å². The van der Waals surface area contributed by atoms with E-state index in [4.69, 9.17) is 4.74 Å². The summed E-state index contributed by atoms with van der Waals surface area (Å²) in [6.07, 6.45) is 2.48. The lowest BCUT2D eigenvalue weighted by molar-refractivity contribution is -0.148. The topological polar surface area (TPSA) is 117 Å². The van der Waals surface area contributed by atoms with Crippen LogP contribution in [-0.2, 0) is 19.1 Å². The lowest BCUT2D eigenvalue weighted by Crippen LogP contribution is -2.57. The lowest BCUT2D eigenvalue weighted by atomic mass is 10.1. The van der Waals surface area contributed by atoms with Crippen molar-refractivity contribution in [2.24, 2.45) is 0 Å². The average Bonchev–Trinajstić information content (AvgIpc) is 2.75. The zero-order valence-electron chi connectivity index (χ0n) is 18.2. The number of amides is 3. The van der Waals surface area contributed by atoms with Crippen LogP contribution in [0.2, 0.25) is 0 Å². The Morgan fingerprint density at radius 3 is 2.77 bits per heavy atom. The summed E-state index contributed by atoms with van der Waals surface area (Å²) in [4.78, 5) is 50.7. The van der Waals surface area contributed by atoms with Crippen LogP contribution in [-0.4, -0.2) is 67.4 Å². The number of benzene rings is 1. The number of nitrogens with zero attached hydrogens (tertiary/aromatic N) is 1. The van der Waals surface area contributed by atoms with Gasteiger partial charge >= 0.3 is 5.97 Å². The van der Waals surface area contributed by atoms with Crippen LogP contribution in [0.1, 0.15) is 49.9 Å². The van der Waals surface area contributed by atoms with E-state index >= 15 is 0 Å². The normalized spacial score (nSPS) is 16.3. The molecule has 9 heteroatoms. The third kappa shape index (κ3) is 8.01. The molecule has 1 heterocycles. The summed E-state index contributed by atoms with van der Waals surface area (Å²) in [5.41, 5.74) is 0.955. The third-order valence-corrected chi connectivity index (χ3v) is 4.84. The Bertz CT molecular complexity index is 783. The van der Waals surface area contributed by atoms with E-state index in [0.29, 0.717) is 43.9 Å². The van der Waals surface area contributed by atoms with Crippen molar-refractivity contribution in [3.63, 3.8) is 0 Å². The first kappa shape index (κ1) is 24.3. The van der Waals surface area contributed by atoms with Gasteiger partial charge in [0.05, 0.1) is 19.6 Å². The van der Waals surface area contributed by atoms with E-state index in [0.717, 1.165) is 12.8 Å². The highest BCUT2D eigenvalue weighted by atomic mass is 16.5. The Labute approximate surface area is 182 Å². The predicted molar refractivity (Wildman–Crippen MR) is 117 cm³/mol. The number of piperazine rings is 1. The molecule has 0 aliphatic carbocycles. The second-order valence-electron chi connectivity index (χ2n) is 7.44. The molecular weight excluding hydrogens is 400 g/mol. The minimum atomic E-state index is -0.750. The van der Waals surface area contributed by atoms with Gasteiger partial charge < -0.3 is 20.7 Å². The molecule has 1 aliphatic rings. The van der Waals surface area contributed by atoms with Gasteiger partial charge in [0, 0.05) is 30.9 Å². The standard InChI is InChI=1S/C22H32N4O5/c1-3-5-9-23-21(29)16-7-6-8-17(13-16)25-19(27)15-26-11-10-24-22(30)18(26)14-20(28)31-12-4-2/h6-8,13,18H,3-5,9-12,14-15H2,1-2H3,(H,23,29)(H,24,30)(H,25,27). The van der Waals surface area contributed by atoms with E-state index in [1.54, 1.807) is 29.2 Å². The summed E-state index contributed by atoms with van der Waals surface area (Å²) in [6, 6.07) is 5.94. The first-order valence-corrected chi connectivity index (χ1v) is 10.8. The summed E-state index contributed by atoms with van der Waals surface area (Å²) in [6.45, 7) is 5.64. The van der Waals surface area contributed by atoms with Gasteiger partial charge in [-0.15, -0.1) is 0 Å². The molecule has 1 fully saturated rings. The maximum absolute atomic E-state index is 12.6. The van der Waals surface area contributed by atoms with Crippen molar-refractivity contribution < 1.29 is 23.9 Å². The number of carbonyl (C=O) groups is 4. The zero-order valence-corrected chi connectivity index (χ0v) is 18.2. The average molecular weight is 433 g/mol. The summed E-state index contributed by atoms with van der Waals surface area (Å²) in [7, 11) is 0. The SMILES string of the molecule is CCCCNC(=O)c1cccc(NC(=O)CN2CCNC(=O)C2CC(=O)OCCC)c1. The van der Waals surface area contributed by atoms with Crippen LogP contribution in [0.15, 0.2) is 24.3 Å². The van der Waals surface area contributed by atoms with Crippen molar-refractivity contribution in [1.29, 1.82) is 0 Å². The van der Waals surface area contributed by atoms with Gasteiger partial charge in [0.25, 0.3) is 5.91 Å². The van der Waals surface area contributed by atoms with Crippen LogP contribution in [0.25, 0.3) is 0 Å². The minimum absolute atomic E-state index is 0.0495. The van der Waals surface area contributed by atoms with Crippen molar-refractivity contribution >= 4 is 29.4 Å². The van der Waals surface area contributed by atoms with Gasteiger partial charge in [-0.05, 0) is 31.0 Å². The van der Waals surface area contributed by atoms with Gasteiger partial charge in [0.15, 0.2) is 0 Å². The Morgan fingerprint density at radius 1 is 1.23 bits per heavy atom. The molecule has 1 aromatic carbocycles. The van der Waals surface area contributed by atoms with Crippen molar-refractivity contribution in [3.8, 4) is 0 Å². The number of unbranched alkanes of at least 4 members (excludes halogenated alkanes) is 1. The molecule has 1 saturated heterocycles. The molecule has 1 aliphatic heterocycles. The molecule has 1 atom stereocenters. The molecule has 9 nitrogen and oxygen atoms in total. The van der Waals surface area contributed by atoms with Crippen molar-refractivity contribution in [1.82, 2.24) is 15.5 Å². The molecule has 0 spiro atoms. The summed E-state index contributed by atoms with van der Waals surface area (Å²) < 4.78 is 5.08. The molecule has 1 aromatic rings. The number of ether oxygens (including phenoxy) is 1. The van der Waals surface area contributed by atoms with Crippen LogP contribution >= 0.6 is 0 Å². The first-order valence-electron chi connectivity index (χ1n) is 10.8. The van der Waals surface area contributed by atoms with Crippen LogP contribution in [0, 0.1) is 0 Å². The molecule has 0 saturated carbocycles. The second kappa shape index (κ2) is 12.7. The zero-order chi connectivity index (χ0) is 22.6. The molecule has 0 aromatic heterocycles. The summed E-state index contributed by atoms with van der Waals surface area (Å²) in [5, 5.41) is 8.33. The molecule has 1 unspecified atom stereocenters. The van der Waals surface area contributed by atoms with E-state index < -0.39 is 12.0 Å². The molecule has 0 bridgehead atoms. The van der Waals surface area contributed by atoms with Gasteiger partial charge in [0.1, 0.15) is 6.04 Å². The third-order valence-electron chi connectivity index (χ3n) is 4.84. The van der Waals surface area contributed by atoms with E-state index in [1.807, 2.05) is 13.8 Å². The van der Waals surface area contributed by atoms with E-state index in [2.05, 4.69) is 16.0 Å². The van der Waals surface area contributed by atoms with Gasteiger partial charge in [-0.3, -0.25) is 24.1 Å². The largest absolute Gasteiger partial charge is 0.466 e. The van der Waals surface area contributed by atoms with Gasteiger partial charge in [-0.1, -0.05) is 26.3 Å². The van der Waals surface area contributed by atoms with Crippen LogP contribution < -0.4 is 16.0 Å². The monoisotopic (exact) mass is 432 g/mol. The molecule has 31 heavy (non-hydrogen) atoms. The summed E-state index contributed by atoms with van der Waals surface area (Å²) in [5.74, 6) is -1.28. The van der Waals surface area contributed by atoms with Crippen molar-refractivity contribution in [2.45, 2.75) is 45.6 Å². The number of carbonyl (C=O) groups excluding carboxylic acids is 4. The molecule has 3 N–H and O–H groups in total. The fraction of sp³-hybridized carbons (Fsp3) is 0.545. The van der Waals surface area contributed by atoms with Gasteiger partial charge in [-0.2, -0.15) is 0 Å². The van der Waals surface area contributed by atoms with Crippen LogP contribution in [0.4, 0.5) is 5.69 Å². The minimum Gasteiger partial charge on any atom is -0.466 e. The maximum atomic E-state index is 12.6. The fourth-order valence-electron chi connectivity index (χ4n) is 3.21. The number of esters is 1. The molecule has 3 amide bonds. The number of anilines is 1. The number of hydrogen-bond acceptors (Lipinski definition) is 6. The molecular formula is C22H32N4O5. The smallest absolute Gasteiger partial charge is 0.307 e. The Kier molecular flexibility index (Phi) is 9.96. The maximum Gasteiger partial charge on any atom is 0.307 e. The second-order valence-corrected chi connectivity index (χ2v) is 7.44. The Hall–Kier alpha value is -2.94. The molecule has 0 radical (unpaired) electrons. The Morgan fingerprint density at radius 2 is 2.03 bits per heavy atom. The summed E-state index contributed by atoms with van der Waals surface area (Å²) >= 11 is 0. The number of nitrogens with one attached hydrogen (secondary N) is 3. The fourth-order valence-corrected chi connectivity index (χ4v) is 3.21. The van der Waals surface area contributed by atoms with Gasteiger partial charge in [0.2, 0.25) is 11.8 Å². The highest BCUT2D eigenvalue weighted by Gasteiger charge is 2.33. The van der Waals surface area contributed by atoms with E-state index in [-0.39, 0.29) is 30.7 Å². The highest BCUT2D eigenvalue weighted by molar-refractivity contribution is 5.98. The van der Waals surface area contributed by atoms with Gasteiger partial charge in [-0.25, -0.2) is 0 Å². The van der Waals surface area contributed by atoms with E-state index in [9.17, 15) is 19.2 Å². The van der Waals surface area contributed by atoms with Crippen molar-refractivity contribution in [2.75, 3.05) is 38.1 Å². The van der Waals surface area contributed by atoms with Crippen LogP contribution in [0.3, 0.4) is 0 Å². The van der Waals surface area contributed by atoms with Crippen molar-refractivity contribution in [3.05, 3.63) is 29.8 Å². The lowest BCUT2D eigenvalue weighted by Gasteiger charge is -2.33. The number of hydrogen-bond donors (Lipinski definition) is 3. The quantitative estimate of drug-likeness (QED) is 0.358. The molecule has 2 rings (SSSR count). The Balaban J connectivity index is 1.95. The van der Waals surface area contributed by atoms with E-state index in [1.165, 1.54) is 0 Å². The highest BCUT2D eigenvalue weighted by Crippen LogP contribution is 2.13. The number of rotatable bonds is 11. The first-order chi connectivity index (χ1) is 14.9.